The van der Waals surface area contributed by atoms with Crippen molar-refractivity contribution in [2.24, 2.45) is 9.98 Å². The van der Waals surface area contributed by atoms with Crippen molar-refractivity contribution in [2.45, 2.75) is 0 Å². The normalized spacial score (nSPS) is 7.15. The van der Waals surface area contributed by atoms with Gasteiger partial charge in [-0.25, -0.2) is 21.0 Å². The third kappa shape index (κ3) is 14.3. The number of aliphatic imine (C=N–C) groups is 2. The van der Waals surface area contributed by atoms with E-state index in [-0.39, 0.29) is 158 Å². The van der Waals surface area contributed by atoms with Gasteiger partial charge in [0.25, 0.3) is 0 Å². The average molecular weight is 593 g/mol. The monoisotopic (exact) mass is 592 g/mol. The van der Waals surface area contributed by atoms with Gasteiger partial charge in [-0.2, -0.15) is 41.2 Å². The second-order valence-electron chi connectivity index (χ2n) is 3.99. The molecule has 0 radical (unpaired) electrons. The maximum Gasteiger partial charge on any atom is 1.00 e. The summed E-state index contributed by atoms with van der Waals surface area (Å²) >= 11 is 0. The number of rotatable bonds is 6. The predicted molar refractivity (Wildman–Crippen MR) is 98.1 cm³/mol. The fourth-order valence-electron chi connectivity index (χ4n) is 1.37. The van der Waals surface area contributed by atoms with E-state index in [1.807, 2.05) is 24.8 Å². The number of nitrogens with zero attached hydrogens (tertiary/aromatic N) is 10. The van der Waals surface area contributed by atoms with Crippen LogP contribution in [0.1, 0.15) is 0 Å². The van der Waals surface area contributed by atoms with E-state index in [0.717, 1.165) is 0 Å². The van der Waals surface area contributed by atoms with Crippen LogP contribution in [-0.2, 0) is 0 Å². The molecule has 10 N–H and O–H groups in total. The van der Waals surface area contributed by atoms with E-state index in [1.165, 1.54) is 12.0 Å². The molecule has 0 saturated heterocycles. The molecule has 0 fully saturated rings. The Morgan fingerprint density at radius 1 is 0.545 bits per heavy atom. The molecule has 0 aliphatic heterocycles. The number of hydrogen-bond acceptors (Lipinski definition) is 12. The number of anilines is 4. The van der Waals surface area contributed by atoms with Gasteiger partial charge in [0.05, 0.1) is 0 Å². The van der Waals surface area contributed by atoms with Crippen molar-refractivity contribution in [3.8, 4) is 24.8 Å². The fourth-order valence-corrected chi connectivity index (χ4v) is 1.37. The molecule has 2 aromatic rings. The van der Waals surface area contributed by atoms with E-state index in [9.17, 15) is 0 Å². The Labute approximate surface area is 282 Å². The second kappa shape index (κ2) is 21.4. The summed E-state index contributed by atoms with van der Waals surface area (Å²) in [6.45, 7) is 0. The molecule has 2 heterocycles. The van der Waals surface area contributed by atoms with Crippen molar-refractivity contribution in [3.63, 3.8) is 0 Å². The van der Waals surface area contributed by atoms with Gasteiger partial charge < -0.3 is 26.3 Å². The van der Waals surface area contributed by atoms with E-state index in [1.54, 1.807) is 0 Å². The van der Waals surface area contributed by atoms with E-state index >= 15 is 0 Å². The molecule has 2 rings (SSSR count). The van der Waals surface area contributed by atoms with Crippen molar-refractivity contribution in [2.75, 3.05) is 21.3 Å². The van der Waals surface area contributed by atoms with E-state index < -0.39 is 0 Å². The summed E-state index contributed by atoms with van der Waals surface area (Å²) in [5.41, 5.74) is 0. The first-order valence-electron chi connectivity index (χ1n) is 7.02. The molecule has 152 valence electrons. The number of aromatic nitrogens is 6. The summed E-state index contributed by atoms with van der Waals surface area (Å²) in [4.78, 5) is 28.6. The van der Waals surface area contributed by atoms with E-state index in [4.69, 9.17) is 31.9 Å². The van der Waals surface area contributed by atoms with Crippen molar-refractivity contribution < 1.29 is 143 Å². The van der Waals surface area contributed by atoms with Gasteiger partial charge in [0.15, 0.2) is 11.9 Å². The molecule has 0 unspecified atom stereocenters. The van der Waals surface area contributed by atoms with Crippen LogP contribution in [0.15, 0.2) is 9.98 Å². The maximum absolute atomic E-state index is 8.30. The molecule has 19 nitrogen and oxygen atoms in total. The summed E-state index contributed by atoms with van der Waals surface area (Å²) in [5.74, 6) is -0.303. The predicted octanol–water partition coefficient (Wildman–Crippen LogP) is -13.8. The van der Waals surface area contributed by atoms with Crippen LogP contribution in [0.3, 0.4) is 0 Å². The molecule has 0 spiro atoms. The fraction of sp³-hybridized carbons (Fsp3) is 0. The molecule has 0 aliphatic rings. The van der Waals surface area contributed by atoms with Crippen LogP contribution in [0.5, 0.6) is 0 Å². The molecular weight excluding hydrogens is 583 g/mol. The third-order valence-corrected chi connectivity index (χ3v) is 2.24. The van der Waals surface area contributed by atoms with E-state index in [0.29, 0.717) is 0 Å². The van der Waals surface area contributed by atoms with Crippen molar-refractivity contribution in [1.29, 1.82) is 0 Å². The molecular formula is C12H10N18ORb2+4. The zero-order chi connectivity index (χ0) is 22.2. The van der Waals surface area contributed by atoms with Crippen LogP contribution in [0, 0.1) is 24.8 Å². The Bertz CT molecular complexity index is 1010. The minimum absolute atomic E-state index is 0. The van der Waals surface area contributed by atoms with E-state index in [2.05, 4.69) is 61.2 Å². The topological polar surface area (TPSA) is 321 Å². The zero-order valence-electron chi connectivity index (χ0n) is 17.0. The Morgan fingerprint density at radius 3 is 0.970 bits per heavy atom. The SMILES string of the molecule is O.[N-]=C=Nc1nc(NC#[NH+])nc(NC#[NH+])n1.[N-]=C=Nc1nc(NC#[NH+])nc(NC#[NH+])n1.[Rb+].[Rb+]. The number of nitrogens with one attached hydrogen (secondary N) is 8. The summed E-state index contributed by atoms with van der Waals surface area (Å²) in [6, 6.07) is 3.01. The largest absolute Gasteiger partial charge is 1.00 e. The van der Waals surface area contributed by atoms with Gasteiger partial charge in [-0.15, -0.1) is 22.0 Å². The smallest absolute Gasteiger partial charge is 0.422 e. The molecule has 0 aliphatic carbocycles. The molecule has 0 amide bonds. The summed E-state index contributed by atoms with van der Waals surface area (Å²) in [7, 11) is 0. The summed E-state index contributed by atoms with van der Waals surface area (Å²) in [5, 5.41) is 52.3. The number of hydrogen-bond donors (Lipinski definition) is 8. The Hall–Kier alpha value is -2.49. The van der Waals surface area contributed by atoms with Gasteiger partial charge >= 0.3 is 165 Å². The molecule has 2 aromatic heterocycles. The van der Waals surface area contributed by atoms with Crippen LogP contribution in [-0.4, -0.2) is 47.4 Å². The van der Waals surface area contributed by atoms with Crippen molar-refractivity contribution in [3.05, 3.63) is 10.8 Å². The van der Waals surface area contributed by atoms with Gasteiger partial charge in [-0.3, -0.25) is 0 Å². The molecule has 33 heavy (non-hydrogen) atoms. The van der Waals surface area contributed by atoms with Crippen LogP contribution >= 0.6 is 0 Å². The van der Waals surface area contributed by atoms with Crippen LogP contribution in [0.2, 0.25) is 0 Å². The van der Waals surface area contributed by atoms with Gasteiger partial charge in [-0.05, 0) is 0 Å². The third-order valence-electron chi connectivity index (χ3n) is 2.24. The van der Waals surface area contributed by atoms with Gasteiger partial charge in [0.2, 0.25) is 0 Å². The van der Waals surface area contributed by atoms with Crippen molar-refractivity contribution in [1.82, 2.24) is 29.9 Å². The van der Waals surface area contributed by atoms with Gasteiger partial charge in [0, 0.05) is 0 Å². The quantitative estimate of drug-likeness (QED) is 0.0888. The molecule has 0 atom stereocenters. The molecule has 0 aromatic carbocycles. The Kier molecular flexibility index (Phi) is 22.7. The standard InChI is InChI=1S/2C6H2N9.H2O.2Rb/c2*7-1-10-4-13-5(11-2-8)15-6(14-4)12-3-9;;;/h2*(H2,10,11,13,14,15);1H2;;/q2*-1;;2*+1/p+4. The first-order valence-corrected chi connectivity index (χ1v) is 7.02. The first-order chi connectivity index (χ1) is 14.6. The van der Waals surface area contributed by atoms with Crippen molar-refractivity contribution >= 4 is 47.7 Å². The van der Waals surface area contributed by atoms with Crippen LogP contribution < -0.4 is 159 Å². The minimum atomic E-state index is -0.136. The minimum Gasteiger partial charge on any atom is -0.422 e. The van der Waals surface area contributed by atoms with Gasteiger partial charge in [-0.1, -0.05) is 0 Å². The van der Waals surface area contributed by atoms with Crippen LogP contribution in [0.25, 0.3) is 10.8 Å². The summed E-state index contributed by atoms with van der Waals surface area (Å²) in [6.07, 6.45) is 7.40. The van der Waals surface area contributed by atoms with Gasteiger partial charge in [0.1, 0.15) is 0 Å². The first kappa shape index (κ1) is 35.1. The van der Waals surface area contributed by atoms with Crippen LogP contribution in [0.4, 0.5) is 35.7 Å². The average Bonchev–Trinajstić information content (AvgIpc) is 2.70. The summed E-state index contributed by atoms with van der Waals surface area (Å²) < 4.78 is 0. The maximum atomic E-state index is 8.30. The molecule has 0 bridgehead atoms. The Balaban J connectivity index is -0.000000500. The molecule has 0 saturated carbocycles. The molecule has 21 heteroatoms. The Morgan fingerprint density at radius 2 is 0.788 bits per heavy atom. The zero-order valence-corrected chi connectivity index (χ0v) is 26.8. The second-order valence-corrected chi connectivity index (χ2v) is 3.99.